The Labute approximate surface area is 201 Å². The largest absolute Gasteiger partial charge is 0.380 e. The van der Waals surface area contributed by atoms with Gasteiger partial charge in [0.25, 0.3) is 5.91 Å². The molecular weight excluding hydrogens is 448 g/mol. The van der Waals surface area contributed by atoms with Crippen molar-refractivity contribution in [1.29, 1.82) is 0 Å². The Morgan fingerprint density at radius 3 is 2.91 bits per heavy atom. The fourth-order valence-corrected chi connectivity index (χ4v) is 4.13. The van der Waals surface area contributed by atoms with Crippen molar-refractivity contribution in [2.75, 3.05) is 30.9 Å². The molecule has 0 spiro atoms. The Bertz CT molecular complexity index is 1380. The Balaban J connectivity index is 1.38. The summed E-state index contributed by atoms with van der Waals surface area (Å²) in [6.45, 7) is 5.02. The number of hydrogen-bond acceptors (Lipinski definition) is 9. The molecule has 0 unspecified atom stereocenters. The van der Waals surface area contributed by atoms with Crippen LogP contribution in [0.15, 0.2) is 36.8 Å². The van der Waals surface area contributed by atoms with Gasteiger partial charge in [-0.3, -0.25) is 4.79 Å². The zero-order chi connectivity index (χ0) is 24.5. The van der Waals surface area contributed by atoms with Gasteiger partial charge in [0.15, 0.2) is 11.5 Å². The summed E-state index contributed by atoms with van der Waals surface area (Å²) < 4.78 is 9.00. The summed E-state index contributed by atoms with van der Waals surface area (Å²) in [6, 6.07) is 5.57. The Kier molecular flexibility index (Phi) is 6.05. The van der Waals surface area contributed by atoms with Crippen molar-refractivity contribution < 1.29 is 9.53 Å². The van der Waals surface area contributed by atoms with E-state index in [-0.39, 0.29) is 18.0 Å². The number of hydrogen-bond donors (Lipinski definition) is 4. The van der Waals surface area contributed by atoms with E-state index in [2.05, 4.69) is 36.0 Å². The molecule has 12 nitrogen and oxygen atoms in total. The predicted molar refractivity (Wildman–Crippen MR) is 131 cm³/mol. The lowest BCUT2D eigenvalue weighted by atomic mass is 10.0. The number of pyridine rings is 1. The number of nitrogens with zero attached hydrogens (tertiary/aromatic N) is 6. The normalized spacial score (nSPS) is 17.9. The molecule has 4 aromatic heterocycles. The molecule has 1 aliphatic rings. The van der Waals surface area contributed by atoms with E-state index in [1.165, 1.54) is 0 Å². The smallest absolute Gasteiger partial charge is 0.271 e. The third-order valence-electron chi connectivity index (χ3n) is 6.03. The number of carbonyl (C=O) groups is 1. The summed E-state index contributed by atoms with van der Waals surface area (Å²) in [5, 5.41) is 13.9. The number of ether oxygens (including phenoxy) is 1. The van der Waals surface area contributed by atoms with Gasteiger partial charge in [0, 0.05) is 49.9 Å². The van der Waals surface area contributed by atoms with Gasteiger partial charge < -0.3 is 30.8 Å². The van der Waals surface area contributed by atoms with Crippen LogP contribution in [0.5, 0.6) is 0 Å². The molecule has 5 heterocycles. The molecule has 0 radical (unpaired) electrons. The van der Waals surface area contributed by atoms with Crippen LogP contribution in [0.4, 0.5) is 17.3 Å². The van der Waals surface area contributed by atoms with E-state index in [4.69, 9.17) is 10.5 Å². The minimum absolute atomic E-state index is 0.0674. The zero-order valence-corrected chi connectivity index (χ0v) is 19.8. The lowest BCUT2D eigenvalue weighted by Crippen LogP contribution is -2.47. The van der Waals surface area contributed by atoms with E-state index in [1.807, 2.05) is 42.8 Å². The SMILES string of the molecule is CNC(=O)c1nc(C)n2ccc(Nc3nccc(-n4cc(N[C@@H]5CCOC[C@@H]5N)c(C)n4)n3)cc12. The quantitative estimate of drug-likeness (QED) is 0.325. The van der Waals surface area contributed by atoms with Crippen LogP contribution in [0, 0.1) is 13.8 Å². The lowest BCUT2D eigenvalue weighted by Gasteiger charge is -2.29. The van der Waals surface area contributed by atoms with Gasteiger partial charge in [-0.15, -0.1) is 0 Å². The third-order valence-corrected chi connectivity index (χ3v) is 6.03. The van der Waals surface area contributed by atoms with Gasteiger partial charge in [0.05, 0.1) is 29.7 Å². The van der Waals surface area contributed by atoms with Crippen LogP contribution in [0.3, 0.4) is 0 Å². The maximum atomic E-state index is 12.2. The summed E-state index contributed by atoms with van der Waals surface area (Å²) in [5.74, 6) is 1.50. The van der Waals surface area contributed by atoms with Crippen molar-refractivity contribution in [3.63, 3.8) is 0 Å². The highest BCUT2D eigenvalue weighted by atomic mass is 16.5. The van der Waals surface area contributed by atoms with Gasteiger partial charge in [-0.05, 0) is 32.4 Å². The lowest BCUT2D eigenvalue weighted by molar-refractivity contribution is 0.0752. The van der Waals surface area contributed by atoms with Crippen LogP contribution in [0.25, 0.3) is 11.3 Å². The molecule has 1 saturated heterocycles. The summed E-state index contributed by atoms with van der Waals surface area (Å²) in [7, 11) is 1.58. The van der Waals surface area contributed by atoms with E-state index in [9.17, 15) is 4.79 Å². The molecule has 0 aromatic carbocycles. The second-order valence-corrected chi connectivity index (χ2v) is 8.47. The van der Waals surface area contributed by atoms with Gasteiger partial charge in [-0.25, -0.2) is 14.6 Å². The summed E-state index contributed by atoms with van der Waals surface area (Å²) in [6.07, 6.45) is 6.27. The van der Waals surface area contributed by atoms with Crippen molar-refractivity contribution >= 4 is 28.7 Å². The highest BCUT2D eigenvalue weighted by molar-refractivity contribution is 5.99. The molecule has 5 N–H and O–H groups in total. The fraction of sp³-hybridized carbons (Fsp3) is 0.348. The summed E-state index contributed by atoms with van der Waals surface area (Å²) in [4.78, 5) is 25.6. The van der Waals surface area contributed by atoms with Gasteiger partial charge in [-0.1, -0.05) is 0 Å². The molecule has 1 amide bonds. The van der Waals surface area contributed by atoms with Crippen LogP contribution in [-0.2, 0) is 4.74 Å². The van der Waals surface area contributed by atoms with Crippen molar-refractivity contribution in [3.05, 3.63) is 54.0 Å². The van der Waals surface area contributed by atoms with E-state index in [1.54, 1.807) is 24.0 Å². The molecule has 35 heavy (non-hydrogen) atoms. The number of aromatic nitrogens is 6. The molecule has 4 aromatic rings. The molecule has 2 atom stereocenters. The average Bonchev–Trinajstić information content (AvgIpc) is 3.39. The van der Waals surface area contributed by atoms with E-state index < -0.39 is 0 Å². The van der Waals surface area contributed by atoms with Gasteiger partial charge >= 0.3 is 0 Å². The van der Waals surface area contributed by atoms with Crippen LogP contribution in [0.1, 0.15) is 28.4 Å². The third kappa shape index (κ3) is 4.53. The number of imidazole rings is 1. The van der Waals surface area contributed by atoms with Crippen LogP contribution >= 0.6 is 0 Å². The number of nitrogens with two attached hydrogens (primary N) is 1. The first-order chi connectivity index (χ1) is 16.9. The van der Waals surface area contributed by atoms with E-state index in [0.29, 0.717) is 36.2 Å². The second kappa shape index (κ2) is 9.31. The standard InChI is InChI=1S/C23H28N10O2/c1-13-18(29-17-6-9-35-12-16(17)24)11-33(31-13)20-4-7-26-23(30-20)28-15-5-8-32-14(2)27-21(19(32)10-15)22(34)25-3/h4-5,7-8,10-11,16-17,29H,6,9,12,24H2,1-3H3,(H,25,34)(H,26,28,30)/t16-,17+/m0/s1. The minimum Gasteiger partial charge on any atom is -0.380 e. The number of carbonyl (C=O) groups excluding carboxylic acids is 1. The Morgan fingerprint density at radius 2 is 2.11 bits per heavy atom. The van der Waals surface area contributed by atoms with Gasteiger partial charge in [-0.2, -0.15) is 10.1 Å². The molecule has 0 bridgehead atoms. The first-order valence-electron chi connectivity index (χ1n) is 11.4. The number of fused-ring (bicyclic) bond motifs is 1. The number of aryl methyl sites for hydroxylation is 2. The fourth-order valence-electron chi connectivity index (χ4n) is 4.13. The van der Waals surface area contributed by atoms with Crippen molar-refractivity contribution in [2.24, 2.45) is 5.73 Å². The van der Waals surface area contributed by atoms with E-state index in [0.717, 1.165) is 29.3 Å². The minimum atomic E-state index is -0.244. The van der Waals surface area contributed by atoms with Crippen molar-refractivity contribution in [3.8, 4) is 5.82 Å². The number of amides is 1. The molecular formula is C23H28N10O2. The Morgan fingerprint density at radius 1 is 1.26 bits per heavy atom. The highest BCUT2D eigenvalue weighted by Gasteiger charge is 2.23. The maximum Gasteiger partial charge on any atom is 0.271 e. The number of anilines is 3. The van der Waals surface area contributed by atoms with Crippen LogP contribution < -0.4 is 21.7 Å². The summed E-state index contributed by atoms with van der Waals surface area (Å²) >= 11 is 0. The van der Waals surface area contributed by atoms with Crippen molar-refractivity contribution in [2.45, 2.75) is 32.4 Å². The summed E-state index contributed by atoms with van der Waals surface area (Å²) in [5.41, 5.74) is 9.72. The van der Waals surface area contributed by atoms with Crippen molar-refractivity contribution in [1.82, 2.24) is 34.4 Å². The first-order valence-corrected chi connectivity index (χ1v) is 11.4. The molecule has 0 saturated carbocycles. The molecule has 0 aliphatic carbocycles. The molecule has 1 aliphatic heterocycles. The van der Waals surface area contributed by atoms with E-state index >= 15 is 0 Å². The van der Waals surface area contributed by atoms with Crippen LogP contribution in [-0.4, -0.2) is 67.4 Å². The molecule has 12 heteroatoms. The Hall–Kier alpha value is -4.03. The maximum absolute atomic E-state index is 12.2. The predicted octanol–water partition coefficient (Wildman–Crippen LogP) is 1.56. The number of nitrogens with one attached hydrogen (secondary N) is 3. The van der Waals surface area contributed by atoms with Gasteiger partial charge in [0.1, 0.15) is 5.82 Å². The highest BCUT2D eigenvalue weighted by Crippen LogP contribution is 2.22. The first kappa shape index (κ1) is 22.7. The monoisotopic (exact) mass is 476 g/mol. The second-order valence-electron chi connectivity index (χ2n) is 8.47. The number of rotatable bonds is 6. The van der Waals surface area contributed by atoms with Crippen LogP contribution in [0.2, 0.25) is 0 Å². The molecule has 1 fully saturated rings. The average molecular weight is 477 g/mol. The zero-order valence-electron chi connectivity index (χ0n) is 19.8. The molecule has 182 valence electrons. The topological polar surface area (TPSA) is 149 Å². The molecule has 5 rings (SSSR count). The van der Waals surface area contributed by atoms with Gasteiger partial charge in [0.2, 0.25) is 5.95 Å².